The number of aliphatic carboxylic acids is 1. The van der Waals surface area contributed by atoms with Gasteiger partial charge in [-0.3, -0.25) is 0 Å². The summed E-state index contributed by atoms with van der Waals surface area (Å²) in [4.78, 5) is 22.4. The summed E-state index contributed by atoms with van der Waals surface area (Å²) in [5.41, 5.74) is 0.0433. The zero-order valence-corrected chi connectivity index (χ0v) is 14.0. The van der Waals surface area contributed by atoms with Crippen molar-refractivity contribution in [1.82, 2.24) is 5.32 Å². The fourth-order valence-corrected chi connectivity index (χ4v) is 3.10. The maximum Gasteiger partial charge on any atom is 0.407 e. The number of carbonyl (C=O) groups excluding carboxylic acids is 1. The molecule has 0 heterocycles. The van der Waals surface area contributed by atoms with Crippen LogP contribution >= 0.6 is 0 Å². The molecule has 1 atom stereocenters. The highest BCUT2D eigenvalue weighted by Crippen LogP contribution is 2.44. The van der Waals surface area contributed by atoms with Gasteiger partial charge in [-0.1, -0.05) is 48.5 Å². The second kappa shape index (κ2) is 7.30. The lowest BCUT2D eigenvalue weighted by atomic mass is 9.98. The van der Waals surface area contributed by atoms with Gasteiger partial charge in [0, 0.05) is 5.92 Å². The Morgan fingerprint density at radius 3 is 2.07 bits per heavy atom. The molecule has 0 spiro atoms. The molecule has 0 bridgehead atoms. The van der Waals surface area contributed by atoms with E-state index in [2.05, 4.69) is 0 Å². The number of nitrogens with one attached hydrogen (secondary N) is 1. The molecule has 0 saturated heterocycles. The van der Waals surface area contributed by atoms with Crippen molar-refractivity contribution >= 4 is 12.1 Å². The number of amides is 1. The fourth-order valence-electron chi connectivity index (χ4n) is 3.10. The molecule has 1 aliphatic carbocycles. The minimum atomic E-state index is -3.87. The number of hydrogen-bond donors (Lipinski definition) is 2. The first kappa shape index (κ1) is 18.8. The summed E-state index contributed by atoms with van der Waals surface area (Å²) in [7, 11) is 0. The Kier molecular flexibility index (Phi) is 5.07. The number of alkyl carbamates (subject to hydrolysis) is 1. The number of ether oxygens (including phenoxy) is 1. The van der Waals surface area contributed by atoms with Crippen LogP contribution in [0.3, 0.4) is 0 Å². The third-order valence-electron chi connectivity index (χ3n) is 4.54. The Morgan fingerprint density at radius 2 is 1.59 bits per heavy atom. The second-order valence-electron chi connectivity index (χ2n) is 6.15. The zero-order chi connectivity index (χ0) is 19.6. The van der Waals surface area contributed by atoms with Gasteiger partial charge < -0.3 is 15.2 Å². The quantitative estimate of drug-likeness (QED) is 0.805. The normalized spacial score (nSPS) is 15.0. The van der Waals surface area contributed by atoms with E-state index in [1.165, 1.54) is 0 Å². The van der Waals surface area contributed by atoms with Crippen LogP contribution in [0.1, 0.15) is 17.0 Å². The molecule has 27 heavy (non-hydrogen) atoms. The van der Waals surface area contributed by atoms with Crippen molar-refractivity contribution < 1.29 is 32.6 Å². The van der Waals surface area contributed by atoms with Gasteiger partial charge in [0.1, 0.15) is 6.61 Å². The van der Waals surface area contributed by atoms with E-state index in [9.17, 15) is 22.8 Å². The molecule has 0 radical (unpaired) electrons. The number of rotatable bonds is 6. The van der Waals surface area contributed by atoms with Crippen LogP contribution in [-0.4, -0.2) is 42.4 Å². The van der Waals surface area contributed by atoms with Gasteiger partial charge in [0.25, 0.3) is 12.1 Å². The van der Waals surface area contributed by atoms with E-state index < -0.39 is 30.7 Å². The monoisotopic (exact) mass is 379 g/mol. The van der Waals surface area contributed by atoms with Gasteiger partial charge in [-0.15, -0.1) is 0 Å². The maximum absolute atomic E-state index is 13.7. The number of carboxylic acids is 1. The molecular weight excluding hydrogens is 363 g/mol. The van der Waals surface area contributed by atoms with E-state index in [1.54, 1.807) is 5.32 Å². The average Bonchev–Trinajstić information content (AvgIpc) is 2.98. The van der Waals surface area contributed by atoms with Crippen LogP contribution in [0.5, 0.6) is 0 Å². The summed E-state index contributed by atoms with van der Waals surface area (Å²) in [5.74, 6) is -2.61. The van der Waals surface area contributed by atoms with Crippen LogP contribution in [0.15, 0.2) is 48.5 Å². The maximum atomic E-state index is 13.7. The summed E-state index contributed by atoms with van der Waals surface area (Å²) in [6.45, 7) is -1.49. The summed E-state index contributed by atoms with van der Waals surface area (Å²) >= 11 is 0. The van der Waals surface area contributed by atoms with Crippen molar-refractivity contribution in [1.29, 1.82) is 0 Å². The SMILES string of the molecule is O=C(NCC(F)(C(=O)O)C(F)F)OCC1c2ccccc2-c2ccccc21. The number of hydrogen-bond acceptors (Lipinski definition) is 3. The Balaban J connectivity index is 1.67. The van der Waals surface area contributed by atoms with Gasteiger partial charge in [0.05, 0.1) is 6.54 Å². The van der Waals surface area contributed by atoms with Crippen LogP contribution in [0.2, 0.25) is 0 Å². The van der Waals surface area contributed by atoms with Crippen LogP contribution in [0, 0.1) is 0 Å². The highest BCUT2D eigenvalue weighted by molar-refractivity contribution is 5.80. The topological polar surface area (TPSA) is 75.6 Å². The molecule has 0 saturated carbocycles. The molecule has 1 aliphatic rings. The van der Waals surface area contributed by atoms with Gasteiger partial charge in [-0.05, 0) is 22.3 Å². The van der Waals surface area contributed by atoms with E-state index in [1.807, 2.05) is 48.5 Å². The highest BCUT2D eigenvalue weighted by atomic mass is 19.3. The Hall–Kier alpha value is -3.03. The zero-order valence-electron chi connectivity index (χ0n) is 14.0. The van der Waals surface area contributed by atoms with Crippen molar-refractivity contribution in [3.8, 4) is 11.1 Å². The number of alkyl halides is 3. The lowest BCUT2D eigenvalue weighted by Gasteiger charge is -2.20. The van der Waals surface area contributed by atoms with Crippen molar-refractivity contribution in [3.05, 3.63) is 59.7 Å². The Labute approximate surface area is 152 Å². The third-order valence-corrected chi connectivity index (χ3v) is 4.54. The lowest BCUT2D eigenvalue weighted by Crippen LogP contribution is -2.50. The summed E-state index contributed by atoms with van der Waals surface area (Å²) < 4.78 is 44.0. The standard InChI is InChI=1S/C19H16F3NO4/c20-16(21)19(22,17(24)25)10-23-18(26)27-9-15-13-7-3-1-5-11(13)12-6-2-4-8-14(12)15/h1-8,15-16H,9-10H2,(H,23,26)(H,24,25). The first-order valence-electron chi connectivity index (χ1n) is 8.14. The minimum absolute atomic E-state index is 0.0963. The molecule has 3 rings (SSSR count). The Morgan fingerprint density at radius 1 is 1.07 bits per heavy atom. The molecule has 142 valence electrons. The lowest BCUT2D eigenvalue weighted by molar-refractivity contribution is -0.161. The van der Waals surface area contributed by atoms with Crippen LogP contribution in [-0.2, 0) is 9.53 Å². The molecular formula is C19H16F3NO4. The predicted molar refractivity (Wildman–Crippen MR) is 90.6 cm³/mol. The molecule has 2 aromatic carbocycles. The second-order valence-corrected chi connectivity index (χ2v) is 6.15. The molecule has 0 aromatic heterocycles. The minimum Gasteiger partial charge on any atom is -0.479 e. The molecule has 5 nitrogen and oxygen atoms in total. The number of carbonyl (C=O) groups is 2. The van der Waals surface area contributed by atoms with E-state index in [0.29, 0.717) is 0 Å². The van der Waals surface area contributed by atoms with Gasteiger partial charge in [0.15, 0.2) is 0 Å². The van der Waals surface area contributed by atoms with E-state index in [-0.39, 0.29) is 12.5 Å². The number of fused-ring (bicyclic) bond motifs is 3. The van der Waals surface area contributed by atoms with Crippen molar-refractivity contribution in [2.24, 2.45) is 0 Å². The summed E-state index contributed by atoms with van der Waals surface area (Å²) in [6.07, 6.45) is -4.95. The first-order valence-corrected chi connectivity index (χ1v) is 8.14. The predicted octanol–water partition coefficient (Wildman–Crippen LogP) is 3.58. The summed E-state index contributed by atoms with van der Waals surface area (Å²) in [5, 5.41) is 10.4. The molecule has 0 fully saturated rings. The smallest absolute Gasteiger partial charge is 0.407 e. The highest BCUT2D eigenvalue weighted by Gasteiger charge is 2.49. The first-order chi connectivity index (χ1) is 12.8. The average molecular weight is 379 g/mol. The summed E-state index contributed by atoms with van der Waals surface area (Å²) in [6, 6.07) is 15.2. The van der Waals surface area contributed by atoms with Crippen molar-refractivity contribution in [2.75, 3.05) is 13.2 Å². The molecule has 1 unspecified atom stereocenters. The fraction of sp³-hybridized carbons (Fsp3) is 0.263. The van der Waals surface area contributed by atoms with Gasteiger partial charge in [0.2, 0.25) is 0 Å². The molecule has 8 heteroatoms. The van der Waals surface area contributed by atoms with Crippen LogP contribution < -0.4 is 5.32 Å². The number of halogens is 3. The molecule has 1 amide bonds. The molecule has 2 aromatic rings. The van der Waals surface area contributed by atoms with Crippen molar-refractivity contribution in [2.45, 2.75) is 18.0 Å². The van der Waals surface area contributed by atoms with Crippen molar-refractivity contribution in [3.63, 3.8) is 0 Å². The van der Waals surface area contributed by atoms with E-state index >= 15 is 0 Å². The van der Waals surface area contributed by atoms with Gasteiger partial charge >= 0.3 is 12.1 Å². The number of benzene rings is 2. The van der Waals surface area contributed by atoms with Gasteiger partial charge in [-0.2, -0.15) is 0 Å². The molecule has 2 N–H and O–H groups in total. The number of carboxylic acid groups (broad SMARTS) is 1. The largest absolute Gasteiger partial charge is 0.479 e. The Bertz CT molecular complexity index is 828. The van der Waals surface area contributed by atoms with Crippen LogP contribution in [0.4, 0.5) is 18.0 Å². The van der Waals surface area contributed by atoms with Gasteiger partial charge in [-0.25, -0.2) is 22.8 Å². The third kappa shape index (κ3) is 3.47. The van der Waals surface area contributed by atoms with Crippen LogP contribution in [0.25, 0.3) is 11.1 Å². The van der Waals surface area contributed by atoms with E-state index in [0.717, 1.165) is 22.3 Å². The van der Waals surface area contributed by atoms with E-state index in [4.69, 9.17) is 9.84 Å². The molecule has 0 aliphatic heterocycles.